The lowest BCUT2D eigenvalue weighted by Crippen LogP contribution is -2.37. The number of ether oxygens (including phenoxy) is 1. The van der Waals surface area contributed by atoms with Crippen LogP contribution in [0, 0.1) is 6.92 Å². The van der Waals surface area contributed by atoms with Crippen LogP contribution in [0.5, 0.6) is 0 Å². The third-order valence-corrected chi connectivity index (χ3v) is 4.45. The Morgan fingerprint density at radius 3 is 2.67 bits per heavy atom. The summed E-state index contributed by atoms with van der Waals surface area (Å²) >= 11 is 0. The van der Waals surface area contributed by atoms with E-state index in [1.807, 2.05) is 51.1 Å². The molecule has 0 saturated heterocycles. The molecule has 5 heteroatoms. The number of fused-ring (bicyclic) bond motifs is 1. The minimum Gasteiger partial charge on any atom is -0.370 e. The number of nitrogens with two attached hydrogens (primary N) is 1. The Morgan fingerprint density at radius 1 is 1.29 bits per heavy atom. The number of carbonyl (C=O) groups is 1. The topological polar surface area (TPSA) is 78.5 Å². The number of pyridine rings is 1. The van der Waals surface area contributed by atoms with Gasteiger partial charge in [0.15, 0.2) is 0 Å². The SMILES string of the molecule is Cc1[nH+]c(NCc2ccccc2)c(C(N)=O)c2c1COC(C)(C)C2. The second kappa shape index (κ2) is 6.24. The maximum absolute atomic E-state index is 12.1. The molecule has 0 bridgehead atoms. The summed E-state index contributed by atoms with van der Waals surface area (Å²) in [5, 5.41) is 3.33. The van der Waals surface area contributed by atoms with Crippen molar-refractivity contribution in [2.24, 2.45) is 5.73 Å². The summed E-state index contributed by atoms with van der Waals surface area (Å²) in [5.74, 6) is 0.260. The van der Waals surface area contributed by atoms with E-state index in [0.29, 0.717) is 31.0 Å². The van der Waals surface area contributed by atoms with E-state index in [2.05, 4.69) is 10.3 Å². The van der Waals surface area contributed by atoms with Gasteiger partial charge < -0.3 is 10.5 Å². The van der Waals surface area contributed by atoms with Crippen LogP contribution in [0.25, 0.3) is 0 Å². The summed E-state index contributed by atoms with van der Waals surface area (Å²) in [6.45, 7) is 7.17. The van der Waals surface area contributed by atoms with Gasteiger partial charge in [0.2, 0.25) is 0 Å². The minimum absolute atomic E-state index is 0.304. The van der Waals surface area contributed by atoms with Gasteiger partial charge in [0.25, 0.3) is 11.7 Å². The Bertz CT molecular complexity index is 770. The van der Waals surface area contributed by atoms with E-state index in [9.17, 15) is 4.79 Å². The van der Waals surface area contributed by atoms with Gasteiger partial charge in [-0.3, -0.25) is 10.1 Å². The molecule has 3 rings (SSSR count). The van der Waals surface area contributed by atoms with Crippen molar-refractivity contribution < 1.29 is 14.5 Å². The summed E-state index contributed by atoms with van der Waals surface area (Å²) in [6.07, 6.45) is 0.663. The lowest BCUT2D eigenvalue weighted by atomic mass is 9.87. The van der Waals surface area contributed by atoms with Crippen molar-refractivity contribution in [1.82, 2.24) is 0 Å². The van der Waals surface area contributed by atoms with Gasteiger partial charge in [-0.25, -0.2) is 4.98 Å². The highest BCUT2D eigenvalue weighted by Crippen LogP contribution is 2.32. The molecule has 1 amide bonds. The number of aromatic amines is 1. The van der Waals surface area contributed by atoms with E-state index >= 15 is 0 Å². The Morgan fingerprint density at radius 2 is 2.00 bits per heavy atom. The molecule has 0 aliphatic carbocycles. The van der Waals surface area contributed by atoms with E-state index in [0.717, 1.165) is 22.4 Å². The van der Waals surface area contributed by atoms with Gasteiger partial charge in [-0.15, -0.1) is 0 Å². The van der Waals surface area contributed by atoms with Crippen LogP contribution in [0.2, 0.25) is 0 Å². The number of carbonyl (C=O) groups excluding carboxylic acids is 1. The van der Waals surface area contributed by atoms with Crippen LogP contribution in [0.4, 0.5) is 5.82 Å². The molecule has 0 radical (unpaired) electrons. The maximum Gasteiger partial charge on any atom is 0.286 e. The van der Waals surface area contributed by atoms with Crippen LogP contribution in [-0.2, 0) is 24.3 Å². The van der Waals surface area contributed by atoms with Gasteiger partial charge in [0.1, 0.15) is 17.8 Å². The monoisotopic (exact) mass is 326 g/mol. The number of hydrogen-bond acceptors (Lipinski definition) is 3. The number of primary amides is 1. The van der Waals surface area contributed by atoms with Crippen molar-refractivity contribution in [3.63, 3.8) is 0 Å². The van der Waals surface area contributed by atoms with Crippen LogP contribution >= 0.6 is 0 Å². The first-order valence-electron chi connectivity index (χ1n) is 8.16. The van der Waals surface area contributed by atoms with E-state index in [4.69, 9.17) is 10.5 Å². The smallest absolute Gasteiger partial charge is 0.286 e. The van der Waals surface area contributed by atoms with Gasteiger partial charge in [-0.2, -0.15) is 0 Å². The molecule has 0 atom stereocenters. The predicted octanol–water partition coefficient (Wildman–Crippen LogP) is 2.37. The van der Waals surface area contributed by atoms with Crippen molar-refractivity contribution in [3.05, 3.63) is 58.3 Å². The van der Waals surface area contributed by atoms with Crippen molar-refractivity contribution in [1.29, 1.82) is 0 Å². The Hall–Kier alpha value is -2.40. The number of aryl methyl sites for hydroxylation is 1. The van der Waals surface area contributed by atoms with Crippen molar-refractivity contribution in [2.75, 3.05) is 5.32 Å². The molecule has 4 N–H and O–H groups in total. The number of amides is 1. The molecule has 2 aromatic rings. The third kappa shape index (κ3) is 3.26. The zero-order valence-corrected chi connectivity index (χ0v) is 14.4. The lowest BCUT2D eigenvalue weighted by Gasteiger charge is -2.33. The fourth-order valence-electron chi connectivity index (χ4n) is 3.18. The van der Waals surface area contributed by atoms with Crippen LogP contribution in [0.15, 0.2) is 30.3 Å². The quantitative estimate of drug-likeness (QED) is 0.905. The average molecular weight is 326 g/mol. The normalized spacial score (nSPS) is 15.6. The molecule has 2 heterocycles. The lowest BCUT2D eigenvalue weighted by molar-refractivity contribution is -0.373. The zero-order chi connectivity index (χ0) is 17.3. The summed E-state index contributed by atoms with van der Waals surface area (Å²) < 4.78 is 5.88. The maximum atomic E-state index is 12.1. The first-order valence-corrected chi connectivity index (χ1v) is 8.16. The summed E-state index contributed by atoms with van der Waals surface area (Å²) in [6, 6.07) is 10.1. The number of rotatable bonds is 4. The molecule has 1 aromatic heterocycles. The molecular formula is C19H24N3O2+. The van der Waals surface area contributed by atoms with Crippen LogP contribution in [0.3, 0.4) is 0 Å². The van der Waals surface area contributed by atoms with E-state index in [1.165, 1.54) is 0 Å². The third-order valence-electron chi connectivity index (χ3n) is 4.45. The van der Waals surface area contributed by atoms with Gasteiger partial charge in [0.05, 0.1) is 12.2 Å². The first-order chi connectivity index (χ1) is 11.4. The Kier molecular flexibility index (Phi) is 4.28. The number of hydrogen-bond donors (Lipinski definition) is 2. The molecule has 5 nitrogen and oxygen atoms in total. The molecule has 24 heavy (non-hydrogen) atoms. The number of benzene rings is 1. The summed E-state index contributed by atoms with van der Waals surface area (Å²) in [4.78, 5) is 15.4. The molecule has 0 spiro atoms. The number of nitrogens with one attached hydrogen (secondary N) is 2. The highest BCUT2D eigenvalue weighted by atomic mass is 16.5. The first kappa shape index (κ1) is 16.5. The van der Waals surface area contributed by atoms with E-state index < -0.39 is 5.91 Å². The van der Waals surface area contributed by atoms with Crippen molar-refractivity contribution >= 4 is 11.7 Å². The van der Waals surface area contributed by atoms with Crippen molar-refractivity contribution in [2.45, 2.75) is 45.9 Å². The molecule has 1 aromatic carbocycles. The van der Waals surface area contributed by atoms with Gasteiger partial charge in [0, 0.05) is 12.0 Å². The molecule has 0 unspecified atom stereocenters. The zero-order valence-electron chi connectivity index (χ0n) is 14.4. The molecule has 1 aliphatic rings. The fourth-order valence-corrected chi connectivity index (χ4v) is 3.18. The number of aromatic nitrogens is 1. The second-order valence-corrected chi connectivity index (χ2v) is 6.89. The van der Waals surface area contributed by atoms with Crippen LogP contribution in [-0.4, -0.2) is 11.5 Å². The molecule has 0 fully saturated rings. The van der Waals surface area contributed by atoms with Crippen LogP contribution < -0.4 is 16.0 Å². The van der Waals surface area contributed by atoms with Gasteiger partial charge in [-0.1, -0.05) is 30.3 Å². The van der Waals surface area contributed by atoms with Gasteiger partial charge in [-0.05, 0) is 31.9 Å². The second-order valence-electron chi connectivity index (χ2n) is 6.89. The van der Waals surface area contributed by atoms with Crippen molar-refractivity contribution in [3.8, 4) is 0 Å². The largest absolute Gasteiger partial charge is 0.370 e. The van der Waals surface area contributed by atoms with Gasteiger partial charge >= 0.3 is 0 Å². The number of H-pyrrole nitrogens is 1. The fraction of sp³-hybridized carbons (Fsp3) is 0.368. The molecular weight excluding hydrogens is 302 g/mol. The average Bonchev–Trinajstić information content (AvgIpc) is 2.52. The Balaban J connectivity index is 2.00. The predicted molar refractivity (Wildman–Crippen MR) is 92.6 cm³/mol. The summed E-state index contributed by atoms with van der Waals surface area (Å²) in [5.41, 5.74) is 10.1. The molecule has 0 saturated carbocycles. The number of anilines is 1. The van der Waals surface area contributed by atoms with E-state index in [1.54, 1.807) is 0 Å². The highest BCUT2D eigenvalue weighted by molar-refractivity contribution is 5.99. The minimum atomic E-state index is -0.421. The van der Waals surface area contributed by atoms with E-state index in [-0.39, 0.29) is 5.60 Å². The highest BCUT2D eigenvalue weighted by Gasteiger charge is 2.34. The molecule has 126 valence electrons. The van der Waals surface area contributed by atoms with Crippen LogP contribution in [0.1, 0.15) is 46.6 Å². The Labute approximate surface area is 142 Å². The standard InChI is InChI=1S/C19H23N3O2/c1-12-15-11-24-19(2,3)9-14(15)16(17(20)23)18(22-12)21-10-13-7-5-4-6-8-13/h4-8H,9-11H2,1-3H3,(H2,20,23)(H,21,22)/p+1. The molecule has 1 aliphatic heterocycles. The summed E-state index contributed by atoms with van der Waals surface area (Å²) in [7, 11) is 0.